The molecule has 0 aliphatic rings. The van der Waals surface area contributed by atoms with E-state index in [9.17, 15) is 4.79 Å². The van der Waals surface area contributed by atoms with Gasteiger partial charge in [0.25, 0.3) is 0 Å². The molecule has 0 aliphatic heterocycles. The molecule has 0 radical (unpaired) electrons. The topological polar surface area (TPSA) is 39.4 Å². The van der Waals surface area contributed by atoms with Crippen LogP contribution in [0.25, 0.3) is 0 Å². The van der Waals surface area contributed by atoms with Crippen molar-refractivity contribution in [3.05, 3.63) is 51.3 Å². The van der Waals surface area contributed by atoms with E-state index in [1.54, 1.807) is 24.3 Å². The number of ether oxygens (including phenoxy) is 1. The van der Waals surface area contributed by atoms with E-state index in [1.165, 1.54) is 13.4 Å². The van der Waals surface area contributed by atoms with Gasteiger partial charge >= 0.3 is 0 Å². The van der Waals surface area contributed by atoms with Gasteiger partial charge in [-0.3, -0.25) is 4.79 Å². The summed E-state index contributed by atoms with van der Waals surface area (Å²) in [6.45, 7) is 0. The summed E-state index contributed by atoms with van der Waals surface area (Å²) in [5, 5.41) is 0.480. The van der Waals surface area contributed by atoms with E-state index < -0.39 is 0 Å². The van der Waals surface area contributed by atoms with Crippen molar-refractivity contribution in [1.29, 1.82) is 0 Å². The normalized spacial score (nSPS) is 10.3. The van der Waals surface area contributed by atoms with Gasteiger partial charge < -0.3 is 9.15 Å². The van der Waals surface area contributed by atoms with Crippen LogP contribution in [0.15, 0.2) is 39.6 Å². The third-order valence-electron chi connectivity index (χ3n) is 2.27. The van der Waals surface area contributed by atoms with E-state index in [4.69, 9.17) is 20.8 Å². The van der Waals surface area contributed by atoms with E-state index in [-0.39, 0.29) is 5.78 Å². The van der Waals surface area contributed by atoms with Gasteiger partial charge in [-0.2, -0.15) is 0 Å². The van der Waals surface area contributed by atoms with E-state index >= 15 is 0 Å². The number of furan rings is 1. The maximum Gasteiger partial charge on any atom is 0.201 e. The molecule has 3 nitrogen and oxygen atoms in total. The molecular formula is C12H8BrClO3. The minimum absolute atomic E-state index is 0.204. The second-order valence-corrected chi connectivity index (χ2v) is 4.44. The Morgan fingerprint density at radius 1 is 1.35 bits per heavy atom. The molecule has 0 N–H and O–H groups in total. The van der Waals surface area contributed by atoms with Gasteiger partial charge in [-0.1, -0.05) is 11.6 Å². The summed E-state index contributed by atoms with van der Waals surface area (Å²) in [5.74, 6) is 0.275. The summed E-state index contributed by atoms with van der Waals surface area (Å²) in [6.07, 6.45) is 1.44. The molecule has 0 atom stereocenters. The van der Waals surface area contributed by atoms with E-state index in [0.29, 0.717) is 26.6 Å². The summed E-state index contributed by atoms with van der Waals surface area (Å²) in [7, 11) is 1.50. The Kier molecular flexibility index (Phi) is 3.54. The van der Waals surface area contributed by atoms with Gasteiger partial charge in [0.1, 0.15) is 5.75 Å². The molecule has 0 unspecified atom stereocenters. The predicted molar refractivity (Wildman–Crippen MR) is 67.8 cm³/mol. The highest BCUT2D eigenvalue weighted by Gasteiger charge is 2.19. The Hall–Kier alpha value is -1.26. The fourth-order valence-corrected chi connectivity index (χ4v) is 2.05. The third-order valence-corrected chi connectivity index (χ3v) is 3.12. The standard InChI is InChI=1S/C12H8BrClO3/c1-16-10-3-2-7(14)6-9(10)11(15)8-4-5-17-12(8)13/h2-6H,1H3. The van der Waals surface area contributed by atoms with Crippen LogP contribution >= 0.6 is 27.5 Å². The van der Waals surface area contributed by atoms with Crippen molar-refractivity contribution in [2.24, 2.45) is 0 Å². The Morgan fingerprint density at radius 2 is 2.12 bits per heavy atom. The fraction of sp³-hybridized carbons (Fsp3) is 0.0833. The highest BCUT2D eigenvalue weighted by atomic mass is 79.9. The van der Waals surface area contributed by atoms with E-state index in [0.717, 1.165) is 0 Å². The molecule has 2 aromatic rings. The number of benzene rings is 1. The molecule has 0 spiro atoms. The lowest BCUT2D eigenvalue weighted by atomic mass is 10.1. The van der Waals surface area contributed by atoms with Crippen molar-refractivity contribution in [2.75, 3.05) is 7.11 Å². The average Bonchev–Trinajstić information content (AvgIpc) is 2.74. The SMILES string of the molecule is COc1ccc(Cl)cc1C(=O)c1ccoc1Br. The number of rotatable bonds is 3. The highest BCUT2D eigenvalue weighted by molar-refractivity contribution is 9.10. The van der Waals surface area contributed by atoms with E-state index in [1.807, 2.05) is 0 Å². The smallest absolute Gasteiger partial charge is 0.201 e. The molecule has 17 heavy (non-hydrogen) atoms. The van der Waals surface area contributed by atoms with Crippen LogP contribution in [-0.4, -0.2) is 12.9 Å². The lowest BCUT2D eigenvalue weighted by Crippen LogP contribution is -2.03. The number of carbonyl (C=O) groups is 1. The molecule has 0 fully saturated rings. The summed E-state index contributed by atoms with van der Waals surface area (Å²) in [5.41, 5.74) is 0.840. The lowest BCUT2D eigenvalue weighted by Gasteiger charge is -2.07. The first-order valence-electron chi connectivity index (χ1n) is 4.74. The first kappa shape index (κ1) is 12.2. The van der Waals surface area contributed by atoms with Gasteiger partial charge in [0.05, 0.1) is 24.5 Å². The van der Waals surface area contributed by atoms with E-state index in [2.05, 4.69) is 15.9 Å². The molecule has 88 valence electrons. The van der Waals surface area contributed by atoms with Gasteiger partial charge in [0, 0.05) is 5.02 Å². The van der Waals surface area contributed by atoms with Crippen LogP contribution in [0.3, 0.4) is 0 Å². The van der Waals surface area contributed by atoms with Crippen molar-refractivity contribution in [3.8, 4) is 5.75 Å². The summed E-state index contributed by atoms with van der Waals surface area (Å²) in [4.78, 5) is 12.2. The second kappa shape index (κ2) is 4.94. The summed E-state index contributed by atoms with van der Waals surface area (Å²) in [6, 6.07) is 6.49. The first-order valence-corrected chi connectivity index (χ1v) is 5.92. The van der Waals surface area contributed by atoms with Gasteiger partial charge in [-0.05, 0) is 40.2 Å². The van der Waals surface area contributed by atoms with Gasteiger partial charge in [0.15, 0.2) is 4.67 Å². The Morgan fingerprint density at radius 3 is 2.71 bits per heavy atom. The highest BCUT2D eigenvalue weighted by Crippen LogP contribution is 2.28. The van der Waals surface area contributed by atoms with Crippen LogP contribution in [0.4, 0.5) is 0 Å². The average molecular weight is 316 g/mol. The van der Waals surface area contributed by atoms with Crippen molar-refractivity contribution in [2.45, 2.75) is 0 Å². The van der Waals surface area contributed by atoms with Crippen molar-refractivity contribution >= 4 is 33.3 Å². The number of hydrogen-bond donors (Lipinski definition) is 0. The monoisotopic (exact) mass is 314 g/mol. The Balaban J connectivity index is 2.50. The lowest BCUT2D eigenvalue weighted by molar-refractivity contribution is 0.103. The third kappa shape index (κ3) is 2.37. The fourth-order valence-electron chi connectivity index (χ4n) is 1.46. The Bertz CT molecular complexity index is 563. The quantitative estimate of drug-likeness (QED) is 0.806. The van der Waals surface area contributed by atoms with Gasteiger partial charge in [-0.15, -0.1) is 0 Å². The molecule has 5 heteroatoms. The molecule has 1 aromatic heterocycles. The van der Waals surface area contributed by atoms with Crippen LogP contribution in [-0.2, 0) is 0 Å². The first-order chi connectivity index (χ1) is 8.13. The maximum atomic E-state index is 12.2. The van der Waals surface area contributed by atoms with Gasteiger partial charge in [-0.25, -0.2) is 0 Å². The van der Waals surface area contributed by atoms with Crippen LogP contribution in [0, 0.1) is 0 Å². The zero-order chi connectivity index (χ0) is 12.4. The number of halogens is 2. The number of hydrogen-bond acceptors (Lipinski definition) is 3. The number of carbonyl (C=O) groups excluding carboxylic acids is 1. The van der Waals surface area contributed by atoms with Crippen molar-refractivity contribution < 1.29 is 13.9 Å². The van der Waals surface area contributed by atoms with Gasteiger partial charge in [0.2, 0.25) is 5.78 Å². The molecule has 1 aromatic carbocycles. The minimum Gasteiger partial charge on any atom is -0.496 e. The second-order valence-electron chi connectivity index (χ2n) is 3.28. The molecule has 0 amide bonds. The molecule has 0 aliphatic carbocycles. The molecule has 0 saturated carbocycles. The van der Waals surface area contributed by atoms with Crippen molar-refractivity contribution in [1.82, 2.24) is 0 Å². The summed E-state index contributed by atoms with van der Waals surface area (Å²) >= 11 is 9.04. The molecule has 0 saturated heterocycles. The molecular weight excluding hydrogens is 307 g/mol. The minimum atomic E-state index is -0.204. The van der Waals surface area contributed by atoms with Crippen molar-refractivity contribution in [3.63, 3.8) is 0 Å². The number of methoxy groups -OCH3 is 1. The Labute approximate surface area is 111 Å². The molecule has 0 bridgehead atoms. The summed E-state index contributed by atoms with van der Waals surface area (Å²) < 4.78 is 10.6. The van der Waals surface area contributed by atoms with Crippen LogP contribution < -0.4 is 4.74 Å². The molecule has 2 rings (SSSR count). The maximum absolute atomic E-state index is 12.2. The predicted octanol–water partition coefficient (Wildman–Crippen LogP) is 3.94. The zero-order valence-electron chi connectivity index (χ0n) is 8.87. The largest absolute Gasteiger partial charge is 0.496 e. The zero-order valence-corrected chi connectivity index (χ0v) is 11.2. The van der Waals surface area contributed by atoms with Crippen LogP contribution in [0.2, 0.25) is 5.02 Å². The van der Waals surface area contributed by atoms with Crippen LogP contribution in [0.1, 0.15) is 15.9 Å². The molecule has 1 heterocycles. The van der Waals surface area contributed by atoms with Crippen LogP contribution in [0.5, 0.6) is 5.75 Å². The number of ketones is 1.